The van der Waals surface area contributed by atoms with Gasteiger partial charge in [0.15, 0.2) is 0 Å². The minimum absolute atomic E-state index is 0.00848. The molecule has 1 unspecified atom stereocenters. The molecule has 1 aromatic heterocycles. The average Bonchev–Trinajstić information content (AvgIpc) is 3.06. The summed E-state index contributed by atoms with van der Waals surface area (Å²) in [6.45, 7) is 2.07. The second-order valence-electron chi connectivity index (χ2n) is 5.22. The maximum absolute atomic E-state index is 11.8. The molecule has 2 aliphatic rings. The van der Waals surface area contributed by atoms with Crippen LogP contribution in [0.3, 0.4) is 0 Å². The number of anilines is 1. The summed E-state index contributed by atoms with van der Waals surface area (Å²) in [6.07, 6.45) is 1.67. The smallest absolute Gasteiger partial charge is 0.280 e. The molecule has 4 nitrogen and oxygen atoms in total. The van der Waals surface area contributed by atoms with Crippen LogP contribution in [0, 0.1) is 6.92 Å². The van der Waals surface area contributed by atoms with Gasteiger partial charge in [0.1, 0.15) is 5.76 Å². The first-order chi connectivity index (χ1) is 9.72. The standard InChI is InChI=1S/C15H14N2O2S/c1-8-4-5-10-9(7-8)12-14(20-15(18)17-12)13(16-10)11-3-2-6-19-11/h2-7,12-14,16H,1H3,(H,17,18)/t12-,13?,14-/m1/s1. The first kappa shape index (κ1) is 11.9. The van der Waals surface area contributed by atoms with Crippen molar-refractivity contribution in [2.75, 3.05) is 5.32 Å². The highest BCUT2D eigenvalue weighted by Gasteiger charge is 2.45. The Morgan fingerprint density at radius 3 is 2.90 bits per heavy atom. The van der Waals surface area contributed by atoms with E-state index in [-0.39, 0.29) is 22.6 Å². The largest absolute Gasteiger partial charge is 0.467 e. The predicted molar refractivity (Wildman–Crippen MR) is 78.9 cm³/mol. The van der Waals surface area contributed by atoms with Crippen molar-refractivity contribution in [1.82, 2.24) is 5.32 Å². The maximum Gasteiger partial charge on any atom is 0.280 e. The van der Waals surface area contributed by atoms with E-state index in [1.54, 1.807) is 6.26 Å². The zero-order valence-electron chi connectivity index (χ0n) is 10.9. The maximum atomic E-state index is 11.8. The molecule has 0 radical (unpaired) electrons. The molecule has 3 atom stereocenters. The van der Waals surface area contributed by atoms with Gasteiger partial charge in [-0.3, -0.25) is 4.79 Å². The zero-order chi connectivity index (χ0) is 13.7. The van der Waals surface area contributed by atoms with Crippen molar-refractivity contribution in [2.45, 2.75) is 24.3 Å². The van der Waals surface area contributed by atoms with Crippen molar-refractivity contribution >= 4 is 22.7 Å². The number of furan rings is 1. The number of hydrogen-bond acceptors (Lipinski definition) is 4. The number of carbonyl (C=O) groups is 1. The number of benzene rings is 1. The van der Waals surface area contributed by atoms with Gasteiger partial charge in [0.25, 0.3) is 5.24 Å². The van der Waals surface area contributed by atoms with E-state index in [1.165, 1.54) is 17.3 Å². The topological polar surface area (TPSA) is 54.3 Å². The molecule has 1 saturated heterocycles. The second-order valence-corrected chi connectivity index (χ2v) is 6.37. The van der Waals surface area contributed by atoms with Crippen LogP contribution in [0.2, 0.25) is 0 Å². The second kappa shape index (κ2) is 4.31. The van der Waals surface area contributed by atoms with E-state index < -0.39 is 0 Å². The minimum Gasteiger partial charge on any atom is -0.467 e. The van der Waals surface area contributed by atoms with Gasteiger partial charge in [0, 0.05) is 5.69 Å². The zero-order valence-corrected chi connectivity index (χ0v) is 11.7. The first-order valence-electron chi connectivity index (χ1n) is 6.60. The molecule has 4 rings (SSSR count). The van der Waals surface area contributed by atoms with Crippen LogP contribution in [0.5, 0.6) is 0 Å². The number of amides is 1. The van der Waals surface area contributed by atoms with Crippen LogP contribution in [0.15, 0.2) is 41.0 Å². The van der Waals surface area contributed by atoms with Gasteiger partial charge in [-0.15, -0.1) is 0 Å². The van der Waals surface area contributed by atoms with Gasteiger partial charge in [-0.25, -0.2) is 0 Å². The lowest BCUT2D eigenvalue weighted by Crippen LogP contribution is -2.35. The van der Waals surface area contributed by atoms with Gasteiger partial charge >= 0.3 is 0 Å². The number of rotatable bonds is 1. The van der Waals surface area contributed by atoms with Crippen LogP contribution in [0.1, 0.15) is 29.0 Å². The summed E-state index contributed by atoms with van der Waals surface area (Å²) >= 11 is 1.35. The molecule has 3 heterocycles. The molecular formula is C15H14N2O2S. The Balaban J connectivity index is 1.82. The molecule has 5 heteroatoms. The highest BCUT2D eigenvalue weighted by molar-refractivity contribution is 8.14. The van der Waals surface area contributed by atoms with Crippen LogP contribution < -0.4 is 10.6 Å². The monoisotopic (exact) mass is 286 g/mol. The van der Waals surface area contributed by atoms with E-state index >= 15 is 0 Å². The Morgan fingerprint density at radius 2 is 2.10 bits per heavy atom. The highest BCUT2D eigenvalue weighted by Crippen LogP contribution is 2.48. The Hall–Kier alpha value is -1.88. The van der Waals surface area contributed by atoms with Crippen molar-refractivity contribution in [3.05, 3.63) is 53.5 Å². The summed E-state index contributed by atoms with van der Waals surface area (Å²) < 4.78 is 5.54. The molecule has 2 aromatic rings. The fourth-order valence-corrected chi connectivity index (χ4v) is 4.10. The van der Waals surface area contributed by atoms with Crippen LogP contribution in [-0.4, -0.2) is 10.5 Å². The Bertz CT molecular complexity index is 669. The van der Waals surface area contributed by atoms with E-state index in [0.717, 1.165) is 17.0 Å². The lowest BCUT2D eigenvalue weighted by Gasteiger charge is -2.34. The van der Waals surface area contributed by atoms with Crippen molar-refractivity contribution in [3.8, 4) is 0 Å². The molecule has 1 aromatic carbocycles. The van der Waals surface area contributed by atoms with Gasteiger partial charge in [0.05, 0.1) is 23.6 Å². The van der Waals surface area contributed by atoms with Crippen LogP contribution >= 0.6 is 11.8 Å². The Labute approximate surface area is 120 Å². The Morgan fingerprint density at radius 1 is 1.20 bits per heavy atom. The minimum atomic E-state index is 0.00848. The lowest BCUT2D eigenvalue weighted by molar-refractivity contribution is 0.259. The van der Waals surface area contributed by atoms with Gasteiger partial charge in [-0.1, -0.05) is 29.5 Å². The number of hydrogen-bond donors (Lipinski definition) is 2. The van der Waals surface area contributed by atoms with E-state index in [0.29, 0.717) is 0 Å². The SMILES string of the molecule is Cc1ccc2c(c1)[C@H]1NC(=O)S[C@H]1C(c1ccco1)N2. The molecule has 0 saturated carbocycles. The fraction of sp³-hybridized carbons (Fsp3) is 0.267. The molecule has 20 heavy (non-hydrogen) atoms. The molecular weight excluding hydrogens is 272 g/mol. The summed E-state index contributed by atoms with van der Waals surface area (Å²) in [5, 5.41) is 6.73. The molecule has 2 N–H and O–H groups in total. The predicted octanol–water partition coefficient (Wildman–Crippen LogP) is 3.62. The summed E-state index contributed by atoms with van der Waals surface area (Å²) in [4.78, 5) is 11.8. The summed E-state index contributed by atoms with van der Waals surface area (Å²) in [5.74, 6) is 0.871. The normalized spacial score (nSPS) is 27.4. The fourth-order valence-electron chi connectivity index (χ4n) is 2.97. The van der Waals surface area contributed by atoms with Gasteiger partial charge in [0.2, 0.25) is 0 Å². The third kappa shape index (κ3) is 1.73. The average molecular weight is 286 g/mol. The van der Waals surface area contributed by atoms with Crippen LogP contribution in [-0.2, 0) is 0 Å². The number of fused-ring (bicyclic) bond motifs is 3. The van der Waals surface area contributed by atoms with E-state index in [9.17, 15) is 4.79 Å². The third-order valence-electron chi connectivity index (χ3n) is 3.88. The van der Waals surface area contributed by atoms with Gasteiger partial charge < -0.3 is 15.1 Å². The van der Waals surface area contributed by atoms with Crippen molar-refractivity contribution < 1.29 is 9.21 Å². The molecule has 0 bridgehead atoms. The number of thioether (sulfide) groups is 1. The van der Waals surface area contributed by atoms with E-state index in [2.05, 4.69) is 35.8 Å². The van der Waals surface area contributed by atoms with Crippen molar-refractivity contribution in [2.24, 2.45) is 0 Å². The lowest BCUT2D eigenvalue weighted by atomic mass is 9.90. The summed E-state index contributed by atoms with van der Waals surface area (Å²) in [5.41, 5.74) is 3.43. The molecule has 1 amide bonds. The summed E-state index contributed by atoms with van der Waals surface area (Å²) in [6, 6.07) is 10.2. The van der Waals surface area contributed by atoms with Crippen LogP contribution in [0.25, 0.3) is 0 Å². The summed E-state index contributed by atoms with van der Waals surface area (Å²) in [7, 11) is 0. The number of carbonyl (C=O) groups excluding carboxylic acids is 1. The quantitative estimate of drug-likeness (QED) is 0.840. The molecule has 1 fully saturated rings. The van der Waals surface area contributed by atoms with Gasteiger partial charge in [-0.2, -0.15) is 0 Å². The van der Waals surface area contributed by atoms with Crippen LogP contribution in [0.4, 0.5) is 10.5 Å². The molecule has 102 valence electrons. The molecule has 0 aliphatic carbocycles. The number of nitrogens with one attached hydrogen (secondary N) is 2. The molecule has 0 spiro atoms. The Kier molecular flexibility index (Phi) is 2.57. The molecule has 2 aliphatic heterocycles. The number of aryl methyl sites for hydroxylation is 1. The van der Waals surface area contributed by atoms with E-state index in [4.69, 9.17) is 4.42 Å². The highest BCUT2D eigenvalue weighted by atomic mass is 32.2. The first-order valence-corrected chi connectivity index (χ1v) is 7.48. The van der Waals surface area contributed by atoms with Crippen molar-refractivity contribution in [3.63, 3.8) is 0 Å². The van der Waals surface area contributed by atoms with E-state index in [1.807, 2.05) is 12.1 Å². The van der Waals surface area contributed by atoms with Gasteiger partial charge in [-0.05, 0) is 30.7 Å². The van der Waals surface area contributed by atoms with Crippen molar-refractivity contribution in [1.29, 1.82) is 0 Å². The third-order valence-corrected chi connectivity index (χ3v) is 5.02.